The molecule has 0 aliphatic carbocycles. The maximum atomic E-state index is 12.4. The zero-order valence-electron chi connectivity index (χ0n) is 13.8. The van der Waals surface area contributed by atoms with Gasteiger partial charge in [-0.25, -0.2) is 4.79 Å². The summed E-state index contributed by atoms with van der Waals surface area (Å²) in [6.07, 6.45) is 0.917. The molecule has 1 atom stereocenters. The minimum atomic E-state index is -0.171. The van der Waals surface area contributed by atoms with E-state index in [1.54, 1.807) is 0 Å². The summed E-state index contributed by atoms with van der Waals surface area (Å²) in [7, 11) is 4.18. The average molecular weight is 300 g/mol. The second-order valence-electron chi connectivity index (χ2n) is 6.64. The Morgan fingerprint density at radius 3 is 2.82 bits per heavy atom. The molecule has 0 amide bonds. The van der Waals surface area contributed by atoms with Gasteiger partial charge in [0.25, 0.3) is 0 Å². The number of fused-ring (bicyclic) bond motifs is 3. The van der Waals surface area contributed by atoms with Gasteiger partial charge in [0.15, 0.2) is 0 Å². The first-order chi connectivity index (χ1) is 10.5. The van der Waals surface area contributed by atoms with Crippen LogP contribution in [0.3, 0.4) is 0 Å². The molecule has 1 aromatic carbocycles. The summed E-state index contributed by atoms with van der Waals surface area (Å²) >= 11 is 0. The summed E-state index contributed by atoms with van der Waals surface area (Å²) < 4.78 is 5.55. The first-order valence-electron chi connectivity index (χ1n) is 7.89. The number of hydrogen-bond acceptors (Lipinski definition) is 4. The van der Waals surface area contributed by atoms with Gasteiger partial charge in [0.1, 0.15) is 5.58 Å². The highest BCUT2D eigenvalue weighted by atomic mass is 16.4. The van der Waals surface area contributed by atoms with E-state index in [1.807, 2.05) is 13.0 Å². The highest BCUT2D eigenvalue weighted by molar-refractivity contribution is 5.82. The molecule has 0 bridgehead atoms. The molecule has 4 heteroatoms. The molecule has 2 aromatic rings. The van der Waals surface area contributed by atoms with Crippen molar-refractivity contribution in [3.8, 4) is 0 Å². The van der Waals surface area contributed by atoms with Crippen LogP contribution in [0.15, 0.2) is 27.4 Å². The van der Waals surface area contributed by atoms with Gasteiger partial charge in [0, 0.05) is 31.1 Å². The maximum Gasteiger partial charge on any atom is 0.341 e. The number of aryl methyl sites for hydroxylation is 1. The van der Waals surface area contributed by atoms with Gasteiger partial charge >= 0.3 is 5.63 Å². The summed E-state index contributed by atoms with van der Waals surface area (Å²) in [6, 6.07) is 6.60. The summed E-state index contributed by atoms with van der Waals surface area (Å²) in [4.78, 5) is 16.9. The first-order valence-corrected chi connectivity index (χ1v) is 7.89. The van der Waals surface area contributed by atoms with E-state index in [4.69, 9.17) is 4.42 Å². The molecule has 118 valence electrons. The number of rotatable bonds is 3. The number of likely N-dealkylation sites (N-methyl/N-ethyl adjacent to an activating group) is 1. The molecular formula is C18H24N2O2. The fourth-order valence-corrected chi connectivity index (χ4v) is 3.12. The van der Waals surface area contributed by atoms with Gasteiger partial charge < -0.3 is 9.32 Å². The van der Waals surface area contributed by atoms with Crippen molar-refractivity contribution in [2.24, 2.45) is 0 Å². The molecule has 0 saturated carbocycles. The first kappa shape index (κ1) is 15.3. The fourth-order valence-electron chi connectivity index (χ4n) is 3.12. The monoisotopic (exact) mass is 300 g/mol. The van der Waals surface area contributed by atoms with Crippen LogP contribution in [0.5, 0.6) is 0 Å². The van der Waals surface area contributed by atoms with E-state index in [0.29, 0.717) is 12.6 Å². The molecule has 0 saturated heterocycles. The van der Waals surface area contributed by atoms with E-state index < -0.39 is 0 Å². The summed E-state index contributed by atoms with van der Waals surface area (Å²) in [6.45, 7) is 6.89. The van der Waals surface area contributed by atoms with E-state index in [0.717, 1.165) is 41.6 Å². The predicted octanol–water partition coefficient (Wildman–Crippen LogP) is 2.41. The van der Waals surface area contributed by atoms with E-state index in [9.17, 15) is 4.79 Å². The van der Waals surface area contributed by atoms with E-state index in [2.05, 4.69) is 43.0 Å². The van der Waals surface area contributed by atoms with Crippen LogP contribution in [-0.4, -0.2) is 43.0 Å². The number of nitrogens with zero attached hydrogens (tertiary/aromatic N) is 2. The van der Waals surface area contributed by atoms with Crippen molar-refractivity contribution < 1.29 is 4.42 Å². The molecule has 4 nitrogen and oxygen atoms in total. The highest BCUT2D eigenvalue weighted by Gasteiger charge is 2.23. The van der Waals surface area contributed by atoms with Crippen LogP contribution < -0.4 is 5.63 Å². The largest absolute Gasteiger partial charge is 0.422 e. The Labute approximate surface area is 131 Å². The lowest BCUT2D eigenvalue weighted by Gasteiger charge is -2.32. The van der Waals surface area contributed by atoms with E-state index in [1.165, 1.54) is 5.56 Å². The van der Waals surface area contributed by atoms with Crippen molar-refractivity contribution in [2.75, 3.05) is 27.2 Å². The lowest BCUT2D eigenvalue weighted by Crippen LogP contribution is -2.42. The van der Waals surface area contributed by atoms with Gasteiger partial charge in [-0.05, 0) is 51.6 Å². The van der Waals surface area contributed by atoms with Crippen LogP contribution in [0, 0.1) is 6.92 Å². The summed E-state index contributed by atoms with van der Waals surface area (Å²) in [5, 5.41) is 1.10. The van der Waals surface area contributed by atoms with E-state index in [-0.39, 0.29) is 5.63 Å². The third-order valence-electron chi connectivity index (χ3n) is 4.74. The van der Waals surface area contributed by atoms with Gasteiger partial charge in [-0.15, -0.1) is 0 Å². The fraction of sp³-hybridized carbons (Fsp3) is 0.500. The Morgan fingerprint density at radius 1 is 1.32 bits per heavy atom. The third-order valence-corrected chi connectivity index (χ3v) is 4.74. The van der Waals surface area contributed by atoms with Gasteiger partial charge in [-0.2, -0.15) is 0 Å². The van der Waals surface area contributed by atoms with Crippen LogP contribution in [0.1, 0.15) is 23.6 Å². The molecular weight excluding hydrogens is 276 g/mol. The third kappa shape index (κ3) is 2.81. The second-order valence-corrected chi connectivity index (χ2v) is 6.64. The molecule has 0 spiro atoms. The Balaban J connectivity index is 1.95. The smallest absolute Gasteiger partial charge is 0.341 e. The normalized spacial score (nSPS) is 17.0. The highest BCUT2D eigenvalue weighted by Crippen LogP contribution is 2.26. The summed E-state index contributed by atoms with van der Waals surface area (Å²) in [5.74, 6) is 0. The Morgan fingerprint density at radius 2 is 2.09 bits per heavy atom. The molecule has 0 radical (unpaired) electrons. The van der Waals surface area contributed by atoms with Crippen molar-refractivity contribution in [3.63, 3.8) is 0 Å². The van der Waals surface area contributed by atoms with Crippen molar-refractivity contribution in [1.29, 1.82) is 0 Å². The zero-order chi connectivity index (χ0) is 15.9. The number of benzene rings is 1. The van der Waals surface area contributed by atoms with Crippen LogP contribution in [-0.2, 0) is 13.0 Å². The lowest BCUT2D eigenvalue weighted by molar-refractivity contribution is 0.179. The Bertz CT molecular complexity index is 749. The quantitative estimate of drug-likeness (QED) is 0.816. The van der Waals surface area contributed by atoms with Gasteiger partial charge in [-0.1, -0.05) is 12.1 Å². The lowest BCUT2D eigenvalue weighted by atomic mass is 9.96. The SMILES string of the molecule is Cc1ccc2c3c(c(=O)oc2c1)CN(CC(C)N(C)C)CC3. The van der Waals surface area contributed by atoms with Crippen molar-refractivity contribution in [2.45, 2.75) is 32.9 Å². The van der Waals surface area contributed by atoms with Crippen LogP contribution in [0.4, 0.5) is 0 Å². The minimum Gasteiger partial charge on any atom is -0.422 e. The van der Waals surface area contributed by atoms with Gasteiger partial charge in [0.2, 0.25) is 0 Å². The standard InChI is InChI=1S/C18H24N2O2/c1-12-5-6-15-14-7-8-20(10-13(2)19(3)4)11-16(14)18(21)22-17(15)9-12/h5-6,9,13H,7-8,10-11H2,1-4H3. The second kappa shape index (κ2) is 5.86. The van der Waals surface area contributed by atoms with Crippen molar-refractivity contribution in [1.82, 2.24) is 9.80 Å². The molecule has 2 heterocycles. The Kier molecular flexibility index (Phi) is 4.06. The van der Waals surface area contributed by atoms with Gasteiger partial charge in [0.05, 0.1) is 5.56 Å². The minimum absolute atomic E-state index is 0.171. The molecule has 0 N–H and O–H groups in total. The molecule has 22 heavy (non-hydrogen) atoms. The number of hydrogen-bond donors (Lipinski definition) is 0. The van der Waals surface area contributed by atoms with Crippen LogP contribution in [0.25, 0.3) is 11.0 Å². The zero-order valence-corrected chi connectivity index (χ0v) is 13.8. The molecule has 1 unspecified atom stereocenters. The molecule has 0 fully saturated rings. The average Bonchev–Trinajstić information content (AvgIpc) is 2.47. The van der Waals surface area contributed by atoms with Crippen molar-refractivity contribution in [3.05, 3.63) is 45.3 Å². The van der Waals surface area contributed by atoms with Crippen LogP contribution in [0.2, 0.25) is 0 Å². The summed E-state index contributed by atoms with van der Waals surface area (Å²) in [5.41, 5.74) is 3.69. The topological polar surface area (TPSA) is 36.7 Å². The molecule has 1 aliphatic rings. The molecule has 3 rings (SSSR count). The molecule has 1 aliphatic heterocycles. The maximum absolute atomic E-state index is 12.4. The van der Waals surface area contributed by atoms with E-state index >= 15 is 0 Å². The predicted molar refractivity (Wildman–Crippen MR) is 89.4 cm³/mol. The van der Waals surface area contributed by atoms with Crippen molar-refractivity contribution >= 4 is 11.0 Å². The van der Waals surface area contributed by atoms with Gasteiger partial charge in [-0.3, -0.25) is 4.90 Å². The van der Waals surface area contributed by atoms with Crippen LogP contribution >= 0.6 is 0 Å². The Hall–Kier alpha value is -1.65. The molecule has 1 aromatic heterocycles.